The van der Waals surface area contributed by atoms with Crippen LogP contribution in [0.2, 0.25) is 0 Å². The highest BCUT2D eigenvalue weighted by Crippen LogP contribution is 2.36. The molecular weight excluding hydrogens is 593 g/mol. The number of anilines is 1. The van der Waals surface area contributed by atoms with Gasteiger partial charge in [0.1, 0.15) is 5.75 Å². The quantitative estimate of drug-likeness (QED) is 0.170. The lowest BCUT2D eigenvalue weighted by Crippen LogP contribution is -2.37. The molecule has 3 rings (SSSR count). The monoisotopic (exact) mass is 618 g/mol. The third-order valence-corrected chi connectivity index (χ3v) is 5.99. The van der Waals surface area contributed by atoms with Gasteiger partial charge in [-0.05, 0) is 65.1 Å². The predicted molar refractivity (Wildman–Crippen MR) is 148 cm³/mol. The zero-order valence-electron chi connectivity index (χ0n) is 21.5. The number of benzene rings is 3. The number of rotatable bonds is 9. The van der Waals surface area contributed by atoms with Crippen molar-refractivity contribution in [1.82, 2.24) is 10.7 Å². The average molecular weight is 619 g/mol. The van der Waals surface area contributed by atoms with Gasteiger partial charge >= 0.3 is 18.0 Å². The van der Waals surface area contributed by atoms with Crippen molar-refractivity contribution in [2.45, 2.75) is 32.5 Å². The molecule has 12 heteroatoms. The Balaban J connectivity index is 1.43. The lowest BCUT2D eigenvalue weighted by atomic mass is 10.0. The summed E-state index contributed by atoms with van der Waals surface area (Å²) in [6.45, 7) is 3.84. The molecule has 3 N–H and O–H groups in total. The number of hydrazone groups is 1. The molecule has 0 aromatic heterocycles. The van der Waals surface area contributed by atoms with E-state index in [1.54, 1.807) is 12.1 Å². The van der Waals surface area contributed by atoms with Crippen molar-refractivity contribution in [3.05, 3.63) is 93.5 Å². The van der Waals surface area contributed by atoms with E-state index in [-0.39, 0.29) is 22.5 Å². The van der Waals surface area contributed by atoms with Gasteiger partial charge in [0.15, 0.2) is 6.61 Å². The fraction of sp³-hybridized carbons (Fsp3) is 0.214. The first-order valence-electron chi connectivity index (χ1n) is 12.0. The Kier molecular flexibility index (Phi) is 10.4. The number of hydrogen-bond acceptors (Lipinski definition) is 5. The summed E-state index contributed by atoms with van der Waals surface area (Å²) < 4.78 is 45.2. The zero-order valence-corrected chi connectivity index (χ0v) is 23.1. The molecule has 0 bridgehead atoms. The van der Waals surface area contributed by atoms with E-state index in [2.05, 4.69) is 50.9 Å². The number of alkyl halides is 3. The number of carbonyl (C=O) groups is 3. The van der Waals surface area contributed by atoms with Crippen LogP contribution in [0.15, 0.2) is 76.3 Å². The van der Waals surface area contributed by atoms with Crippen LogP contribution in [-0.4, -0.2) is 30.5 Å². The Labute approximate surface area is 237 Å². The molecule has 3 aromatic rings. The summed E-state index contributed by atoms with van der Waals surface area (Å²) in [5, 5.41) is 8.47. The summed E-state index contributed by atoms with van der Waals surface area (Å²) in [4.78, 5) is 36.1. The van der Waals surface area contributed by atoms with Gasteiger partial charge in [0.25, 0.3) is 5.91 Å². The number of nitrogens with one attached hydrogen (secondary N) is 3. The first kappa shape index (κ1) is 30.4. The highest BCUT2D eigenvalue weighted by molar-refractivity contribution is 9.10. The standard InChI is InChI=1S/C28H26BrF3N4O4/c1-17(2)20-7-3-18(4-8-20)14-33-26(38)27(39)36-34-15-19-5-10-22(11-6-19)40-16-25(37)35-24-12-9-21(29)13-23(24)28(30,31)32/h3-13,15,17H,14,16H2,1-2H3,(H,33,38)(H,35,37)(H,36,39)/b34-15-. The summed E-state index contributed by atoms with van der Waals surface area (Å²) in [5.74, 6) is -1.86. The maximum Gasteiger partial charge on any atom is 0.418 e. The van der Waals surface area contributed by atoms with Gasteiger partial charge in [-0.2, -0.15) is 18.3 Å². The minimum absolute atomic E-state index is 0.195. The van der Waals surface area contributed by atoms with Crippen LogP contribution < -0.4 is 20.8 Å². The van der Waals surface area contributed by atoms with Gasteiger partial charge in [0, 0.05) is 11.0 Å². The Morgan fingerprint density at radius 1 is 0.975 bits per heavy atom. The van der Waals surface area contributed by atoms with Gasteiger partial charge < -0.3 is 15.4 Å². The fourth-order valence-electron chi connectivity index (χ4n) is 3.34. The molecule has 0 aliphatic rings. The van der Waals surface area contributed by atoms with Gasteiger partial charge in [-0.25, -0.2) is 5.43 Å². The second-order valence-electron chi connectivity index (χ2n) is 8.87. The Morgan fingerprint density at radius 2 is 1.65 bits per heavy atom. The molecule has 0 aliphatic heterocycles. The van der Waals surface area contributed by atoms with Crippen LogP contribution in [0.5, 0.6) is 5.75 Å². The molecule has 3 amide bonds. The molecule has 8 nitrogen and oxygen atoms in total. The minimum atomic E-state index is -4.64. The summed E-state index contributed by atoms with van der Waals surface area (Å²) in [7, 11) is 0. The summed E-state index contributed by atoms with van der Waals surface area (Å²) >= 11 is 2.99. The minimum Gasteiger partial charge on any atom is -0.484 e. The van der Waals surface area contributed by atoms with Crippen LogP contribution in [0, 0.1) is 0 Å². The van der Waals surface area contributed by atoms with Gasteiger partial charge in [-0.1, -0.05) is 54.0 Å². The molecule has 3 aromatic carbocycles. The lowest BCUT2D eigenvalue weighted by Gasteiger charge is -2.14. The molecule has 0 radical (unpaired) electrons. The molecule has 0 fully saturated rings. The summed E-state index contributed by atoms with van der Waals surface area (Å²) in [5.41, 5.74) is 3.35. The maximum atomic E-state index is 13.2. The number of carbonyl (C=O) groups excluding carboxylic acids is 3. The number of hydrogen-bond donors (Lipinski definition) is 3. The van der Waals surface area contributed by atoms with Crippen molar-refractivity contribution >= 4 is 45.6 Å². The van der Waals surface area contributed by atoms with E-state index in [0.717, 1.165) is 17.7 Å². The van der Waals surface area contributed by atoms with E-state index < -0.39 is 36.1 Å². The molecule has 0 saturated carbocycles. The first-order valence-corrected chi connectivity index (χ1v) is 12.8. The van der Waals surface area contributed by atoms with Crippen LogP contribution in [0.25, 0.3) is 0 Å². The van der Waals surface area contributed by atoms with E-state index in [0.29, 0.717) is 11.5 Å². The van der Waals surface area contributed by atoms with E-state index in [1.165, 1.54) is 30.0 Å². The van der Waals surface area contributed by atoms with Crippen LogP contribution in [0.3, 0.4) is 0 Å². The van der Waals surface area contributed by atoms with Crippen LogP contribution in [0.1, 0.15) is 42.0 Å². The van der Waals surface area contributed by atoms with Crippen molar-refractivity contribution in [1.29, 1.82) is 0 Å². The molecule has 210 valence electrons. The summed E-state index contributed by atoms with van der Waals surface area (Å²) in [6.07, 6.45) is -3.34. The van der Waals surface area contributed by atoms with Crippen molar-refractivity contribution in [2.75, 3.05) is 11.9 Å². The van der Waals surface area contributed by atoms with Crippen LogP contribution in [-0.2, 0) is 27.1 Å². The Morgan fingerprint density at radius 3 is 2.27 bits per heavy atom. The topological polar surface area (TPSA) is 109 Å². The van der Waals surface area contributed by atoms with Gasteiger partial charge in [0.2, 0.25) is 0 Å². The molecule has 40 heavy (non-hydrogen) atoms. The van der Waals surface area contributed by atoms with Gasteiger partial charge in [-0.3, -0.25) is 14.4 Å². The highest BCUT2D eigenvalue weighted by Gasteiger charge is 2.34. The fourth-order valence-corrected chi connectivity index (χ4v) is 3.71. The van der Waals surface area contributed by atoms with E-state index in [4.69, 9.17) is 4.74 Å². The molecule has 0 heterocycles. The van der Waals surface area contributed by atoms with Gasteiger partial charge in [-0.15, -0.1) is 0 Å². The molecular formula is C28H26BrF3N4O4. The number of amides is 3. The summed E-state index contributed by atoms with van der Waals surface area (Å²) in [6, 6.07) is 17.3. The highest BCUT2D eigenvalue weighted by atomic mass is 79.9. The number of ether oxygens (including phenoxy) is 1. The molecule has 0 spiro atoms. The normalized spacial score (nSPS) is 11.4. The number of nitrogens with zero attached hydrogens (tertiary/aromatic N) is 1. The average Bonchev–Trinajstić information content (AvgIpc) is 2.91. The van der Waals surface area contributed by atoms with Crippen LogP contribution >= 0.6 is 15.9 Å². The first-order chi connectivity index (χ1) is 18.9. The van der Waals surface area contributed by atoms with E-state index >= 15 is 0 Å². The lowest BCUT2D eigenvalue weighted by molar-refractivity contribution is -0.139. The SMILES string of the molecule is CC(C)c1ccc(CNC(=O)C(=O)N/N=C\c2ccc(OCC(=O)Nc3ccc(Br)cc3C(F)(F)F)cc2)cc1. The van der Waals surface area contributed by atoms with Crippen molar-refractivity contribution in [3.63, 3.8) is 0 Å². The van der Waals surface area contributed by atoms with Gasteiger partial charge in [0.05, 0.1) is 17.5 Å². The predicted octanol–water partition coefficient (Wildman–Crippen LogP) is 5.38. The van der Waals surface area contributed by atoms with E-state index in [1.807, 2.05) is 24.3 Å². The second-order valence-corrected chi connectivity index (χ2v) is 9.79. The zero-order chi connectivity index (χ0) is 29.3. The van der Waals surface area contributed by atoms with Crippen molar-refractivity contribution < 1.29 is 32.3 Å². The Bertz CT molecular complexity index is 1380. The molecule has 0 aliphatic carbocycles. The molecule has 0 unspecified atom stereocenters. The third kappa shape index (κ3) is 9.23. The largest absolute Gasteiger partial charge is 0.484 e. The van der Waals surface area contributed by atoms with Crippen molar-refractivity contribution in [3.8, 4) is 5.75 Å². The molecule has 0 atom stereocenters. The third-order valence-electron chi connectivity index (χ3n) is 5.50. The second kappa shape index (κ2) is 13.7. The Hall–Kier alpha value is -4.19. The molecule has 0 saturated heterocycles. The maximum absolute atomic E-state index is 13.2. The van der Waals surface area contributed by atoms with Crippen molar-refractivity contribution in [2.24, 2.45) is 5.10 Å². The number of halogens is 4. The van der Waals surface area contributed by atoms with E-state index in [9.17, 15) is 27.6 Å². The van der Waals surface area contributed by atoms with Crippen LogP contribution in [0.4, 0.5) is 18.9 Å². The smallest absolute Gasteiger partial charge is 0.418 e.